The number of thioether (sulfide) groups is 1. The quantitative estimate of drug-likeness (QED) is 0.615. The second-order valence-corrected chi connectivity index (χ2v) is 7.16. The Kier molecular flexibility index (Phi) is 5.72. The van der Waals surface area contributed by atoms with Gasteiger partial charge >= 0.3 is 0 Å². The highest BCUT2D eigenvalue weighted by Crippen LogP contribution is 2.23. The van der Waals surface area contributed by atoms with Gasteiger partial charge < -0.3 is 4.90 Å². The van der Waals surface area contributed by atoms with E-state index in [2.05, 4.69) is 29.0 Å². The van der Waals surface area contributed by atoms with Crippen molar-refractivity contribution in [3.05, 3.63) is 65.2 Å². The summed E-state index contributed by atoms with van der Waals surface area (Å²) in [5.41, 5.74) is 2.79. The van der Waals surface area contributed by atoms with Gasteiger partial charge in [-0.15, -0.1) is 11.8 Å². The fourth-order valence-electron chi connectivity index (χ4n) is 3.06. The Morgan fingerprint density at radius 2 is 1.79 bits per heavy atom. The van der Waals surface area contributed by atoms with Crippen LogP contribution in [0.15, 0.2) is 53.4 Å². The van der Waals surface area contributed by atoms with E-state index in [0.717, 1.165) is 48.7 Å². The summed E-state index contributed by atoms with van der Waals surface area (Å²) < 4.78 is 0. The zero-order valence-corrected chi connectivity index (χ0v) is 15.2. The molecule has 0 amide bonds. The van der Waals surface area contributed by atoms with Crippen LogP contribution in [0.4, 0.5) is 0 Å². The Labute approximate surface area is 148 Å². The Hall–Kier alpha value is -1.62. The van der Waals surface area contributed by atoms with Gasteiger partial charge in [-0.05, 0) is 37.1 Å². The van der Waals surface area contributed by atoms with E-state index in [9.17, 15) is 4.79 Å². The number of nitrogens with zero attached hydrogens (tertiary/aromatic N) is 2. The molecule has 0 radical (unpaired) electrons. The highest BCUT2D eigenvalue weighted by molar-refractivity contribution is 7.98. The number of hydrogen-bond donors (Lipinski definition) is 0. The SMILES string of the molecule is CSc1ccccc1C(=O)c1cccc(CN2CCN(C)CC2)c1. The largest absolute Gasteiger partial charge is 0.304 e. The lowest BCUT2D eigenvalue weighted by molar-refractivity contribution is 0.103. The molecule has 0 unspecified atom stereocenters. The molecule has 0 aliphatic carbocycles. The molecular formula is C20H24N2OS. The highest BCUT2D eigenvalue weighted by Gasteiger charge is 2.16. The van der Waals surface area contributed by atoms with E-state index in [1.807, 2.05) is 42.7 Å². The molecule has 3 rings (SSSR count). The molecule has 0 aromatic heterocycles. The van der Waals surface area contributed by atoms with Gasteiger partial charge in [-0.25, -0.2) is 0 Å². The van der Waals surface area contributed by atoms with Crippen molar-refractivity contribution in [1.82, 2.24) is 9.80 Å². The number of hydrogen-bond acceptors (Lipinski definition) is 4. The number of piperazine rings is 1. The van der Waals surface area contributed by atoms with Gasteiger partial charge in [0.1, 0.15) is 0 Å². The molecule has 2 aromatic carbocycles. The van der Waals surface area contributed by atoms with E-state index < -0.39 is 0 Å². The van der Waals surface area contributed by atoms with Gasteiger partial charge in [0.25, 0.3) is 0 Å². The molecule has 3 nitrogen and oxygen atoms in total. The molecule has 1 saturated heterocycles. The molecule has 24 heavy (non-hydrogen) atoms. The molecule has 0 saturated carbocycles. The fourth-order valence-corrected chi connectivity index (χ4v) is 3.66. The number of rotatable bonds is 5. The third-order valence-electron chi connectivity index (χ3n) is 4.54. The minimum Gasteiger partial charge on any atom is -0.304 e. The van der Waals surface area contributed by atoms with E-state index in [4.69, 9.17) is 0 Å². The average molecular weight is 340 g/mol. The van der Waals surface area contributed by atoms with E-state index in [1.54, 1.807) is 11.8 Å². The van der Waals surface area contributed by atoms with Crippen molar-refractivity contribution >= 4 is 17.5 Å². The predicted molar refractivity (Wildman–Crippen MR) is 101 cm³/mol. The first-order valence-electron chi connectivity index (χ1n) is 8.35. The van der Waals surface area contributed by atoms with E-state index >= 15 is 0 Å². The fraction of sp³-hybridized carbons (Fsp3) is 0.350. The summed E-state index contributed by atoms with van der Waals surface area (Å²) >= 11 is 1.62. The van der Waals surface area contributed by atoms with Crippen LogP contribution in [0.3, 0.4) is 0 Å². The summed E-state index contributed by atoms with van der Waals surface area (Å²) in [6.07, 6.45) is 2.01. The molecule has 0 atom stereocenters. The van der Waals surface area contributed by atoms with Crippen molar-refractivity contribution in [2.75, 3.05) is 39.5 Å². The number of benzene rings is 2. The van der Waals surface area contributed by atoms with Gasteiger partial charge in [-0.3, -0.25) is 9.69 Å². The second kappa shape index (κ2) is 7.97. The first kappa shape index (κ1) is 17.2. The van der Waals surface area contributed by atoms with Gasteiger partial charge in [0.2, 0.25) is 0 Å². The van der Waals surface area contributed by atoms with Crippen LogP contribution in [0.25, 0.3) is 0 Å². The molecule has 1 aliphatic rings. The van der Waals surface area contributed by atoms with Crippen LogP contribution in [-0.2, 0) is 6.54 Å². The molecule has 1 heterocycles. The summed E-state index contributed by atoms with van der Waals surface area (Å²) in [5.74, 6) is 0.111. The maximum atomic E-state index is 12.9. The molecule has 1 aliphatic heterocycles. The van der Waals surface area contributed by atoms with Crippen LogP contribution in [0.5, 0.6) is 0 Å². The molecule has 1 fully saturated rings. The molecule has 0 spiro atoms. The lowest BCUT2D eigenvalue weighted by Crippen LogP contribution is -2.43. The molecule has 126 valence electrons. The third kappa shape index (κ3) is 4.07. The van der Waals surface area contributed by atoms with E-state index in [0.29, 0.717) is 0 Å². The summed E-state index contributed by atoms with van der Waals surface area (Å²) in [6.45, 7) is 5.31. The molecule has 2 aromatic rings. The summed E-state index contributed by atoms with van der Waals surface area (Å²) in [4.78, 5) is 18.7. The number of carbonyl (C=O) groups excluding carboxylic acids is 1. The maximum Gasteiger partial charge on any atom is 0.194 e. The van der Waals surface area contributed by atoms with Crippen LogP contribution in [0.1, 0.15) is 21.5 Å². The average Bonchev–Trinajstić information content (AvgIpc) is 2.63. The van der Waals surface area contributed by atoms with Crippen LogP contribution in [-0.4, -0.2) is 55.1 Å². The van der Waals surface area contributed by atoms with Gasteiger partial charge in [0.05, 0.1) is 0 Å². The molecular weight excluding hydrogens is 316 g/mol. The van der Waals surface area contributed by atoms with Crippen molar-refractivity contribution in [2.45, 2.75) is 11.4 Å². The molecule has 0 N–H and O–H groups in total. The second-order valence-electron chi connectivity index (χ2n) is 6.31. The minimum atomic E-state index is 0.111. The van der Waals surface area contributed by atoms with Crippen LogP contribution in [0.2, 0.25) is 0 Å². The number of likely N-dealkylation sites (N-methyl/N-ethyl adjacent to an activating group) is 1. The van der Waals surface area contributed by atoms with Gasteiger partial charge in [0.15, 0.2) is 5.78 Å². The van der Waals surface area contributed by atoms with Crippen molar-refractivity contribution < 1.29 is 4.79 Å². The van der Waals surface area contributed by atoms with E-state index in [-0.39, 0.29) is 5.78 Å². The maximum absolute atomic E-state index is 12.9. The Morgan fingerprint density at radius 1 is 1.04 bits per heavy atom. The zero-order chi connectivity index (χ0) is 16.9. The molecule has 0 bridgehead atoms. The van der Waals surface area contributed by atoms with Gasteiger partial charge in [0, 0.05) is 48.7 Å². The van der Waals surface area contributed by atoms with Crippen molar-refractivity contribution in [3.63, 3.8) is 0 Å². The first-order valence-corrected chi connectivity index (χ1v) is 9.57. The zero-order valence-electron chi connectivity index (χ0n) is 14.4. The topological polar surface area (TPSA) is 23.6 Å². The smallest absolute Gasteiger partial charge is 0.194 e. The van der Waals surface area contributed by atoms with Crippen LogP contribution >= 0.6 is 11.8 Å². The number of carbonyl (C=O) groups is 1. The minimum absolute atomic E-state index is 0.111. The van der Waals surface area contributed by atoms with Gasteiger partial charge in [-0.1, -0.05) is 30.3 Å². The van der Waals surface area contributed by atoms with Crippen molar-refractivity contribution in [1.29, 1.82) is 0 Å². The summed E-state index contributed by atoms with van der Waals surface area (Å²) in [7, 11) is 2.17. The standard InChI is InChI=1S/C20H24N2OS/c1-21-10-12-22(13-11-21)15-16-6-5-7-17(14-16)20(23)18-8-3-4-9-19(18)24-2/h3-9,14H,10-13,15H2,1-2H3. The lowest BCUT2D eigenvalue weighted by atomic mass is 10.0. The van der Waals surface area contributed by atoms with Crippen LogP contribution < -0.4 is 0 Å². The van der Waals surface area contributed by atoms with E-state index in [1.165, 1.54) is 5.56 Å². The summed E-state index contributed by atoms with van der Waals surface area (Å²) in [6, 6.07) is 15.9. The monoisotopic (exact) mass is 340 g/mol. The third-order valence-corrected chi connectivity index (χ3v) is 5.34. The number of ketones is 1. The van der Waals surface area contributed by atoms with Crippen LogP contribution in [0, 0.1) is 0 Å². The summed E-state index contributed by atoms with van der Waals surface area (Å²) in [5, 5.41) is 0. The van der Waals surface area contributed by atoms with Gasteiger partial charge in [-0.2, -0.15) is 0 Å². The first-order chi connectivity index (χ1) is 11.7. The Morgan fingerprint density at radius 3 is 2.54 bits per heavy atom. The normalized spacial score (nSPS) is 16.2. The van der Waals surface area contributed by atoms with Crippen molar-refractivity contribution in [2.24, 2.45) is 0 Å². The Bertz CT molecular complexity index is 708. The lowest BCUT2D eigenvalue weighted by Gasteiger charge is -2.32. The predicted octanol–water partition coefficient (Wildman–Crippen LogP) is 3.39. The highest BCUT2D eigenvalue weighted by atomic mass is 32.2. The Balaban J connectivity index is 1.76. The molecule has 4 heteroatoms. The van der Waals surface area contributed by atoms with Crippen molar-refractivity contribution in [3.8, 4) is 0 Å².